The normalized spacial score (nSPS) is 14.9. The molecule has 0 fully saturated rings. The highest BCUT2D eigenvalue weighted by Crippen LogP contribution is 2.26. The first kappa shape index (κ1) is 19.8. The summed E-state index contributed by atoms with van der Waals surface area (Å²) >= 11 is 0. The van der Waals surface area contributed by atoms with Crippen LogP contribution in [0.5, 0.6) is 5.75 Å². The fourth-order valence-corrected chi connectivity index (χ4v) is 3.41. The van der Waals surface area contributed by atoms with E-state index in [1.165, 1.54) is 16.8 Å². The molecule has 1 atom stereocenters. The zero-order valence-electron chi connectivity index (χ0n) is 17.2. The van der Waals surface area contributed by atoms with Crippen molar-refractivity contribution in [3.63, 3.8) is 0 Å². The number of aliphatic imine (C=N–C) groups is 1. The van der Waals surface area contributed by atoms with Gasteiger partial charge in [-0.2, -0.15) is 0 Å². The number of ether oxygens (including phenoxy) is 1. The quantitative estimate of drug-likeness (QED) is 0.456. The molecule has 0 aliphatic carbocycles. The maximum atomic E-state index is 5.52. The first-order chi connectivity index (χ1) is 13.6. The van der Waals surface area contributed by atoms with Crippen molar-refractivity contribution in [3.8, 4) is 5.75 Å². The molecule has 2 aromatic carbocycles. The fraction of sp³-hybridized carbons (Fsp3) is 0.348. The van der Waals surface area contributed by atoms with Crippen LogP contribution in [0.1, 0.15) is 29.7 Å². The molecule has 0 amide bonds. The third kappa shape index (κ3) is 4.85. The van der Waals surface area contributed by atoms with Crippen LogP contribution in [0.25, 0.3) is 0 Å². The van der Waals surface area contributed by atoms with Crippen molar-refractivity contribution in [1.82, 2.24) is 10.6 Å². The summed E-state index contributed by atoms with van der Waals surface area (Å²) in [5, 5.41) is 6.88. The minimum absolute atomic E-state index is 0.0723. The summed E-state index contributed by atoms with van der Waals surface area (Å²) in [6.45, 7) is 6.88. The summed E-state index contributed by atoms with van der Waals surface area (Å²) in [6, 6.07) is 14.9. The lowest BCUT2D eigenvalue weighted by Gasteiger charge is -2.21. The van der Waals surface area contributed by atoms with E-state index in [0.29, 0.717) is 6.54 Å². The largest absolute Gasteiger partial charge is 0.496 e. The molecule has 5 nitrogen and oxygen atoms in total. The summed E-state index contributed by atoms with van der Waals surface area (Å²) in [5.74, 6) is 1.65. The van der Waals surface area contributed by atoms with Gasteiger partial charge in [-0.3, -0.25) is 4.99 Å². The second kappa shape index (κ2) is 9.31. The van der Waals surface area contributed by atoms with Crippen LogP contribution >= 0.6 is 0 Å². The lowest BCUT2D eigenvalue weighted by Crippen LogP contribution is -2.38. The van der Waals surface area contributed by atoms with Crippen molar-refractivity contribution < 1.29 is 4.74 Å². The number of hydrogen-bond acceptors (Lipinski definition) is 3. The van der Waals surface area contributed by atoms with Crippen LogP contribution in [0.4, 0.5) is 5.69 Å². The third-order valence-electron chi connectivity index (χ3n) is 4.98. The number of benzene rings is 2. The summed E-state index contributed by atoms with van der Waals surface area (Å²) in [4.78, 5) is 6.73. The molecule has 2 N–H and O–H groups in total. The summed E-state index contributed by atoms with van der Waals surface area (Å²) < 4.78 is 5.52. The van der Waals surface area contributed by atoms with Crippen LogP contribution in [0.3, 0.4) is 0 Å². The summed E-state index contributed by atoms with van der Waals surface area (Å²) in [5.41, 5.74) is 4.81. The molecular formula is C23H30N4O. The first-order valence-corrected chi connectivity index (χ1v) is 9.71. The van der Waals surface area contributed by atoms with Gasteiger partial charge in [0.2, 0.25) is 0 Å². The van der Waals surface area contributed by atoms with Gasteiger partial charge in [0.25, 0.3) is 0 Å². The first-order valence-electron chi connectivity index (χ1n) is 9.71. The number of nitrogens with one attached hydrogen (secondary N) is 2. The van der Waals surface area contributed by atoms with Gasteiger partial charge in [-0.15, -0.1) is 0 Å². The second-order valence-corrected chi connectivity index (χ2v) is 7.08. The van der Waals surface area contributed by atoms with Crippen LogP contribution < -0.4 is 20.3 Å². The van der Waals surface area contributed by atoms with Gasteiger partial charge in [0.15, 0.2) is 5.96 Å². The molecule has 0 aromatic heterocycles. The Hall–Kier alpha value is -2.95. The Bertz CT molecular complexity index is 851. The SMILES string of the molecule is CN=C(NCc1cccc(N2CC=CC2)c1)NC(C)c1cc(C)ccc1OC. The molecule has 0 bridgehead atoms. The predicted octanol–water partition coefficient (Wildman–Crippen LogP) is 3.81. The molecular weight excluding hydrogens is 348 g/mol. The highest BCUT2D eigenvalue weighted by Gasteiger charge is 2.13. The van der Waals surface area contributed by atoms with Gasteiger partial charge in [-0.25, -0.2) is 0 Å². The van der Waals surface area contributed by atoms with Crippen molar-refractivity contribution in [2.75, 3.05) is 32.1 Å². The van der Waals surface area contributed by atoms with Gasteiger partial charge >= 0.3 is 0 Å². The molecule has 5 heteroatoms. The lowest BCUT2D eigenvalue weighted by molar-refractivity contribution is 0.405. The number of nitrogens with zero attached hydrogens (tertiary/aromatic N) is 2. The second-order valence-electron chi connectivity index (χ2n) is 7.08. The number of aryl methyl sites for hydroxylation is 1. The molecule has 1 unspecified atom stereocenters. The molecule has 3 rings (SSSR count). The zero-order chi connectivity index (χ0) is 19.9. The van der Waals surface area contributed by atoms with Crippen LogP contribution in [0.15, 0.2) is 59.6 Å². The van der Waals surface area contributed by atoms with E-state index in [1.54, 1.807) is 14.2 Å². The van der Waals surface area contributed by atoms with E-state index in [2.05, 4.69) is 82.9 Å². The third-order valence-corrected chi connectivity index (χ3v) is 4.98. The monoisotopic (exact) mass is 378 g/mol. The minimum atomic E-state index is 0.0723. The van der Waals surface area contributed by atoms with Gasteiger partial charge in [-0.1, -0.05) is 42.0 Å². The average molecular weight is 379 g/mol. The maximum Gasteiger partial charge on any atom is 0.191 e. The smallest absolute Gasteiger partial charge is 0.191 e. The maximum absolute atomic E-state index is 5.52. The Morgan fingerprint density at radius 2 is 1.96 bits per heavy atom. The van der Waals surface area contributed by atoms with Gasteiger partial charge in [-0.05, 0) is 37.6 Å². The van der Waals surface area contributed by atoms with E-state index < -0.39 is 0 Å². The van der Waals surface area contributed by atoms with E-state index >= 15 is 0 Å². The molecule has 0 saturated heterocycles. The highest BCUT2D eigenvalue weighted by molar-refractivity contribution is 5.80. The number of rotatable bonds is 6. The van der Waals surface area contributed by atoms with E-state index in [0.717, 1.165) is 30.4 Å². The Kier molecular flexibility index (Phi) is 6.58. The molecule has 0 saturated carbocycles. The number of guanidine groups is 1. The van der Waals surface area contributed by atoms with E-state index in [9.17, 15) is 0 Å². The zero-order valence-corrected chi connectivity index (χ0v) is 17.2. The molecule has 1 aliphatic rings. The molecule has 0 radical (unpaired) electrons. The van der Waals surface area contributed by atoms with Gasteiger partial charge in [0.05, 0.1) is 13.2 Å². The van der Waals surface area contributed by atoms with Crippen LogP contribution in [-0.2, 0) is 6.54 Å². The molecule has 0 spiro atoms. The van der Waals surface area contributed by atoms with Crippen molar-refractivity contribution >= 4 is 11.6 Å². The number of anilines is 1. The Balaban J connectivity index is 1.62. The van der Waals surface area contributed by atoms with Crippen molar-refractivity contribution in [1.29, 1.82) is 0 Å². The molecule has 28 heavy (non-hydrogen) atoms. The van der Waals surface area contributed by atoms with Crippen molar-refractivity contribution in [3.05, 3.63) is 71.3 Å². The lowest BCUT2D eigenvalue weighted by atomic mass is 10.0. The fourth-order valence-electron chi connectivity index (χ4n) is 3.41. The molecule has 1 heterocycles. The highest BCUT2D eigenvalue weighted by atomic mass is 16.5. The number of hydrogen-bond donors (Lipinski definition) is 2. The van der Waals surface area contributed by atoms with E-state index in [-0.39, 0.29) is 6.04 Å². The van der Waals surface area contributed by atoms with Gasteiger partial charge in [0.1, 0.15) is 5.75 Å². The van der Waals surface area contributed by atoms with Crippen LogP contribution in [0, 0.1) is 6.92 Å². The van der Waals surface area contributed by atoms with Crippen molar-refractivity contribution in [2.45, 2.75) is 26.4 Å². The summed E-state index contributed by atoms with van der Waals surface area (Å²) in [6.07, 6.45) is 4.41. The van der Waals surface area contributed by atoms with Crippen LogP contribution in [-0.4, -0.2) is 33.2 Å². The van der Waals surface area contributed by atoms with Gasteiger partial charge in [0, 0.05) is 37.9 Å². The molecule has 2 aromatic rings. The Labute approximate surface area is 168 Å². The predicted molar refractivity (Wildman–Crippen MR) is 117 cm³/mol. The molecule has 1 aliphatic heterocycles. The van der Waals surface area contributed by atoms with Crippen molar-refractivity contribution in [2.24, 2.45) is 4.99 Å². The average Bonchev–Trinajstić information content (AvgIpc) is 3.26. The number of methoxy groups -OCH3 is 1. The Morgan fingerprint density at radius 1 is 1.18 bits per heavy atom. The topological polar surface area (TPSA) is 48.9 Å². The van der Waals surface area contributed by atoms with Gasteiger partial charge < -0.3 is 20.3 Å². The van der Waals surface area contributed by atoms with Crippen LogP contribution in [0.2, 0.25) is 0 Å². The van der Waals surface area contributed by atoms with E-state index in [1.807, 2.05) is 6.07 Å². The molecule has 148 valence electrons. The minimum Gasteiger partial charge on any atom is -0.496 e. The summed E-state index contributed by atoms with van der Waals surface area (Å²) in [7, 11) is 3.50. The standard InChI is InChI=1S/C23H30N4O/c1-17-10-11-22(28-4)21(14-17)18(2)26-23(24-3)25-16-19-8-7-9-20(15-19)27-12-5-6-13-27/h5-11,14-15,18H,12-13,16H2,1-4H3,(H2,24,25,26). The van der Waals surface area contributed by atoms with E-state index in [4.69, 9.17) is 4.74 Å². The Morgan fingerprint density at radius 3 is 2.68 bits per heavy atom.